The molecular weight excluding hydrogens is 286 g/mol. The van der Waals surface area contributed by atoms with Crippen LogP contribution in [0.3, 0.4) is 0 Å². The van der Waals surface area contributed by atoms with Crippen LogP contribution in [-0.2, 0) is 4.79 Å². The first-order valence-corrected chi connectivity index (χ1v) is 8.39. The molecule has 0 aromatic heterocycles. The zero-order valence-corrected chi connectivity index (χ0v) is 14.4. The molecule has 1 amide bonds. The SMILES string of the molecule is CNC1CCCN(C(C)C(=O)NCC2CCCCC2)C1.Cl. The second kappa shape index (κ2) is 9.65. The number of piperidine rings is 1. The molecule has 1 aliphatic heterocycles. The van der Waals surface area contributed by atoms with Gasteiger partial charge in [-0.2, -0.15) is 0 Å². The number of likely N-dealkylation sites (tertiary alicyclic amines) is 1. The number of carbonyl (C=O) groups excluding carboxylic acids is 1. The zero-order valence-electron chi connectivity index (χ0n) is 13.6. The molecule has 21 heavy (non-hydrogen) atoms. The highest BCUT2D eigenvalue weighted by molar-refractivity contribution is 5.85. The van der Waals surface area contributed by atoms with E-state index in [0.717, 1.165) is 19.6 Å². The number of hydrogen-bond acceptors (Lipinski definition) is 3. The summed E-state index contributed by atoms with van der Waals surface area (Å²) in [6.45, 7) is 4.98. The lowest BCUT2D eigenvalue weighted by atomic mass is 9.89. The number of likely N-dealkylation sites (N-methyl/N-ethyl adjacent to an activating group) is 1. The van der Waals surface area contributed by atoms with Crippen LogP contribution in [0.5, 0.6) is 0 Å². The number of hydrogen-bond donors (Lipinski definition) is 2. The maximum atomic E-state index is 12.3. The van der Waals surface area contributed by atoms with Gasteiger partial charge in [-0.05, 0) is 52.1 Å². The fraction of sp³-hybridized carbons (Fsp3) is 0.938. The van der Waals surface area contributed by atoms with E-state index in [1.807, 2.05) is 14.0 Å². The summed E-state index contributed by atoms with van der Waals surface area (Å²) in [5, 5.41) is 6.52. The Morgan fingerprint density at radius 1 is 1.19 bits per heavy atom. The van der Waals surface area contributed by atoms with Crippen molar-refractivity contribution in [2.75, 3.05) is 26.7 Å². The van der Waals surface area contributed by atoms with Crippen LogP contribution in [0.2, 0.25) is 0 Å². The molecule has 1 heterocycles. The fourth-order valence-corrected chi connectivity index (χ4v) is 3.54. The Kier molecular flexibility index (Phi) is 8.60. The minimum absolute atomic E-state index is 0. The molecule has 0 radical (unpaired) electrons. The molecular formula is C16H32ClN3O. The van der Waals surface area contributed by atoms with Crippen molar-refractivity contribution < 1.29 is 4.79 Å². The largest absolute Gasteiger partial charge is 0.354 e. The standard InChI is InChI=1S/C16H31N3O.ClH/c1-13(19-10-6-9-15(12-19)17-2)16(20)18-11-14-7-4-3-5-8-14;/h13-15,17H,3-12H2,1-2H3,(H,18,20);1H. The third kappa shape index (κ3) is 5.76. The van der Waals surface area contributed by atoms with Crippen LogP contribution in [-0.4, -0.2) is 49.6 Å². The fourth-order valence-electron chi connectivity index (χ4n) is 3.54. The van der Waals surface area contributed by atoms with Gasteiger partial charge in [0.05, 0.1) is 6.04 Å². The summed E-state index contributed by atoms with van der Waals surface area (Å²) in [5.74, 6) is 0.929. The number of rotatable bonds is 5. The monoisotopic (exact) mass is 317 g/mol. The lowest BCUT2D eigenvalue weighted by Crippen LogP contribution is -2.53. The van der Waals surface area contributed by atoms with Gasteiger partial charge in [0.2, 0.25) is 5.91 Å². The quantitative estimate of drug-likeness (QED) is 0.817. The van der Waals surface area contributed by atoms with Gasteiger partial charge in [-0.1, -0.05) is 19.3 Å². The van der Waals surface area contributed by atoms with Crippen molar-refractivity contribution in [3.63, 3.8) is 0 Å². The molecule has 2 rings (SSSR count). The average Bonchev–Trinajstić information content (AvgIpc) is 2.53. The van der Waals surface area contributed by atoms with Crippen LogP contribution in [0.4, 0.5) is 0 Å². The molecule has 5 heteroatoms. The van der Waals surface area contributed by atoms with Gasteiger partial charge in [0.25, 0.3) is 0 Å². The maximum absolute atomic E-state index is 12.3. The molecule has 0 aromatic rings. The lowest BCUT2D eigenvalue weighted by molar-refractivity contribution is -0.126. The van der Waals surface area contributed by atoms with E-state index in [1.54, 1.807) is 0 Å². The third-order valence-corrected chi connectivity index (χ3v) is 5.08. The van der Waals surface area contributed by atoms with Crippen molar-refractivity contribution in [1.82, 2.24) is 15.5 Å². The number of nitrogens with one attached hydrogen (secondary N) is 2. The van der Waals surface area contributed by atoms with Crippen LogP contribution in [0.15, 0.2) is 0 Å². The van der Waals surface area contributed by atoms with E-state index in [1.165, 1.54) is 44.9 Å². The van der Waals surface area contributed by atoms with E-state index in [4.69, 9.17) is 0 Å². The van der Waals surface area contributed by atoms with E-state index in [-0.39, 0.29) is 24.4 Å². The average molecular weight is 318 g/mol. The molecule has 124 valence electrons. The smallest absolute Gasteiger partial charge is 0.237 e. The number of carbonyl (C=O) groups is 1. The molecule has 0 aromatic carbocycles. The molecule has 2 fully saturated rings. The minimum Gasteiger partial charge on any atom is -0.354 e. The summed E-state index contributed by atoms with van der Waals surface area (Å²) in [4.78, 5) is 14.6. The number of nitrogens with zero attached hydrogens (tertiary/aromatic N) is 1. The van der Waals surface area contributed by atoms with Crippen molar-refractivity contribution in [1.29, 1.82) is 0 Å². The van der Waals surface area contributed by atoms with E-state index in [2.05, 4.69) is 15.5 Å². The highest BCUT2D eigenvalue weighted by atomic mass is 35.5. The second-order valence-corrected chi connectivity index (χ2v) is 6.55. The van der Waals surface area contributed by atoms with Crippen molar-refractivity contribution >= 4 is 18.3 Å². The first-order valence-electron chi connectivity index (χ1n) is 8.39. The predicted molar refractivity (Wildman–Crippen MR) is 89.9 cm³/mol. The van der Waals surface area contributed by atoms with Crippen molar-refractivity contribution in [3.05, 3.63) is 0 Å². The first kappa shape index (κ1) is 18.7. The molecule has 2 atom stereocenters. The Morgan fingerprint density at radius 3 is 2.57 bits per heavy atom. The van der Waals surface area contributed by atoms with Crippen LogP contribution in [0.25, 0.3) is 0 Å². The van der Waals surface area contributed by atoms with Crippen molar-refractivity contribution in [2.45, 2.75) is 64.0 Å². The van der Waals surface area contributed by atoms with Gasteiger partial charge in [-0.3, -0.25) is 9.69 Å². The van der Waals surface area contributed by atoms with Gasteiger partial charge in [0, 0.05) is 19.1 Å². The molecule has 4 nitrogen and oxygen atoms in total. The molecule has 1 aliphatic carbocycles. The molecule has 1 saturated heterocycles. The van der Waals surface area contributed by atoms with Gasteiger partial charge in [-0.25, -0.2) is 0 Å². The van der Waals surface area contributed by atoms with Gasteiger partial charge in [-0.15, -0.1) is 12.4 Å². The molecule has 2 N–H and O–H groups in total. The third-order valence-electron chi connectivity index (χ3n) is 5.08. The van der Waals surface area contributed by atoms with Gasteiger partial charge < -0.3 is 10.6 Å². The molecule has 2 unspecified atom stereocenters. The molecule has 0 bridgehead atoms. The summed E-state index contributed by atoms with van der Waals surface area (Å²) in [7, 11) is 2.02. The normalized spacial score (nSPS) is 25.9. The van der Waals surface area contributed by atoms with Crippen LogP contribution < -0.4 is 10.6 Å². The Bertz CT molecular complexity index is 308. The van der Waals surface area contributed by atoms with Crippen LogP contribution >= 0.6 is 12.4 Å². The lowest BCUT2D eigenvalue weighted by Gasteiger charge is -2.36. The summed E-state index contributed by atoms with van der Waals surface area (Å²) < 4.78 is 0. The molecule has 1 saturated carbocycles. The van der Waals surface area contributed by atoms with E-state index >= 15 is 0 Å². The number of amides is 1. The summed E-state index contributed by atoms with van der Waals surface area (Å²) in [5.41, 5.74) is 0. The second-order valence-electron chi connectivity index (χ2n) is 6.55. The first-order chi connectivity index (χ1) is 9.70. The van der Waals surface area contributed by atoms with Crippen LogP contribution in [0, 0.1) is 5.92 Å². The van der Waals surface area contributed by atoms with E-state index < -0.39 is 0 Å². The highest BCUT2D eigenvalue weighted by Crippen LogP contribution is 2.22. The molecule has 0 spiro atoms. The highest BCUT2D eigenvalue weighted by Gasteiger charge is 2.27. The van der Waals surface area contributed by atoms with Crippen molar-refractivity contribution in [3.8, 4) is 0 Å². The van der Waals surface area contributed by atoms with Crippen molar-refractivity contribution in [2.24, 2.45) is 5.92 Å². The Labute approximate surface area is 135 Å². The van der Waals surface area contributed by atoms with Gasteiger partial charge >= 0.3 is 0 Å². The minimum atomic E-state index is 0. The Morgan fingerprint density at radius 2 is 1.90 bits per heavy atom. The zero-order chi connectivity index (χ0) is 14.4. The van der Waals surface area contributed by atoms with E-state index in [9.17, 15) is 4.79 Å². The summed E-state index contributed by atoms with van der Waals surface area (Å²) >= 11 is 0. The Balaban J connectivity index is 0.00000220. The Hall–Kier alpha value is -0.320. The summed E-state index contributed by atoms with van der Waals surface area (Å²) in [6, 6.07) is 0.548. The predicted octanol–water partition coefficient (Wildman–Crippen LogP) is 2.18. The topological polar surface area (TPSA) is 44.4 Å². The van der Waals surface area contributed by atoms with Gasteiger partial charge in [0.15, 0.2) is 0 Å². The number of halogens is 1. The van der Waals surface area contributed by atoms with E-state index in [0.29, 0.717) is 12.0 Å². The van der Waals surface area contributed by atoms with Crippen LogP contribution in [0.1, 0.15) is 51.9 Å². The van der Waals surface area contributed by atoms with Gasteiger partial charge in [0.1, 0.15) is 0 Å². The molecule has 2 aliphatic rings. The summed E-state index contributed by atoms with van der Waals surface area (Å²) in [6.07, 6.45) is 9.05. The maximum Gasteiger partial charge on any atom is 0.237 e.